The summed E-state index contributed by atoms with van der Waals surface area (Å²) in [6.07, 6.45) is 0. The Labute approximate surface area is 120 Å². The number of hydrogen-bond acceptors (Lipinski definition) is 3. The fraction of sp³-hybridized carbons (Fsp3) is 0.125. The molecule has 0 saturated heterocycles. The topological polar surface area (TPSA) is 35.2 Å². The lowest BCUT2D eigenvalue weighted by molar-refractivity contribution is 0.306. The summed E-state index contributed by atoms with van der Waals surface area (Å²) in [7, 11) is 0. The molecule has 20 heavy (non-hydrogen) atoms. The highest BCUT2D eigenvalue weighted by atomic mass is 32.1. The van der Waals surface area contributed by atoms with Gasteiger partial charge in [0.25, 0.3) is 0 Å². The zero-order valence-electron chi connectivity index (χ0n) is 10.8. The molecule has 0 atom stereocenters. The van der Waals surface area contributed by atoms with Crippen molar-refractivity contribution in [1.82, 2.24) is 0 Å². The zero-order chi connectivity index (χ0) is 13.9. The Morgan fingerprint density at radius 1 is 1.15 bits per heavy atom. The summed E-state index contributed by atoms with van der Waals surface area (Å²) in [5.74, 6) is 0.252. The first-order valence-corrected chi connectivity index (χ1v) is 7.21. The molecule has 2 aromatic carbocycles. The van der Waals surface area contributed by atoms with Crippen molar-refractivity contribution in [2.24, 2.45) is 5.73 Å². The SMILES string of the molecule is NCc1ccc2scc(COc3cccc(F)c3)c2c1. The molecule has 0 aliphatic rings. The van der Waals surface area contributed by atoms with Gasteiger partial charge in [-0.15, -0.1) is 11.3 Å². The highest BCUT2D eigenvalue weighted by molar-refractivity contribution is 7.17. The van der Waals surface area contributed by atoms with Gasteiger partial charge in [-0.3, -0.25) is 0 Å². The molecular formula is C16H14FNOS. The Morgan fingerprint density at radius 2 is 2.05 bits per heavy atom. The van der Waals surface area contributed by atoms with Gasteiger partial charge in [0, 0.05) is 22.9 Å². The van der Waals surface area contributed by atoms with Crippen molar-refractivity contribution >= 4 is 21.4 Å². The van der Waals surface area contributed by atoms with Crippen molar-refractivity contribution in [3.05, 3.63) is 64.8 Å². The first-order chi connectivity index (χ1) is 9.76. The van der Waals surface area contributed by atoms with Crippen LogP contribution in [-0.4, -0.2) is 0 Å². The van der Waals surface area contributed by atoms with Crippen LogP contribution in [0.2, 0.25) is 0 Å². The second kappa shape index (κ2) is 5.61. The van der Waals surface area contributed by atoms with Gasteiger partial charge in [-0.05, 0) is 40.6 Å². The molecule has 0 bridgehead atoms. The minimum atomic E-state index is -0.289. The standard InChI is InChI=1S/C16H14FNOS/c17-13-2-1-3-14(7-13)19-9-12-10-20-16-5-4-11(8-18)6-15(12)16/h1-7,10H,8-9,18H2. The molecule has 4 heteroatoms. The summed E-state index contributed by atoms with van der Waals surface area (Å²) in [6.45, 7) is 0.952. The number of hydrogen-bond donors (Lipinski definition) is 1. The van der Waals surface area contributed by atoms with E-state index in [2.05, 4.69) is 17.5 Å². The minimum absolute atomic E-state index is 0.289. The number of rotatable bonds is 4. The van der Waals surface area contributed by atoms with Crippen LogP contribution < -0.4 is 10.5 Å². The van der Waals surface area contributed by atoms with Crippen LogP contribution >= 0.6 is 11.3 Å². The van der Waals surface area contributed by atoms with Crippen molar-refractivity contribution in [2.75, 3.05) is 0 Å². The first-order valence-electron chi connectivity index (χ1n) is 6.34. The fourth-order valence-corrected chi connectivity index (χ4v) is 3.01. The summed E-state index contributed by atoms with van der Waals surface area (Å²) in [5, 5.41) is 3.24. The van der Waals surface area contributed by atoms with Crippen LogP contribution in [-0.2, 0) is 13.2 Å². The summed E-state index contributed by atoms with van der Waals surface area (Å²) in [5.41, 5.74) is 7.87. The van der Waals surface area contributed by atoms with Gasteiger partial charge in [0.1, 0.15) is 18.2 Å². The predicted octanol–water partition coefficient (Wildman–Crippen LogP) is 4.08. The van der Waals surface area contributed by atoms with E-state index in [0.717, 1.165) is 16.5 Å². The highest BCUT2D eigenvalue weighted by Crippen LogP contribution is 2.28. The highest BCUT2D eigenvalue weighted by Gasteiger charge is 2.06. The molecule has 3 aromatic rings. The third kappa shape index (κ3) is 2.66. The van der Waals surface area contributed by atoms with E-state index >= 15 is 0 Å². The molecule has 0 saturated carbocycles. The number of fused-ring (bicyclic) bond motifs is 1. The molecular weight excluding hydrogens is 273 g/mol. The van der Waals surface area contributed by atoms with Gasteiger partial charge < -0.3 is 10.5 Å². The maximum atomic E-state index is 13.1. The molecule has 0 aliphatic heterocycles. The van der Waals surface area contributed by atoms with Gasteiger partial charge in [-0.2, -0.15) is 0 Å². The number of benzene rings is 2. The van der Waals surface area contributed by atoms with Crippen LogP contribution in [0.5, 0.6) is 5.75 Å². The number of ether oxygens (including phenoxy) is 1. The van der Waals surface area contributed by atoms with Crippen LogP contribution in [0.4, 0.5) is 4.39 Å². The Kier molecular flexibility index (Phi) is 3.67. The lowest BCUT2D eigenvalue weighted by Gasteiger charge is -2.06. The quantitative estimate of drug-likeness (QED) is 0.784. The Balaban J connectivity index is 1.83. The summed E-state index contributed by atoms with van der Waals surface area (Å²) >= 11 is 1.68. The van der Waals surface area contributed by atoms with Gasteiger partial charge in [0.05, 0.1) is 0 Å². The number of thiophene rings is 1. The monoisotopic (exact) mass is 287 g/mol. The average molecular weight is 287 g/mol. The van der Waals surface area contributed by atoms with Crippen molar-refractivity contribution in [3.63, 3.8) is 0 Å². The summed E-state index contributed by atoms with van der Waals surface area (Å²) in [4.78, 5) is 0. The minimum Gasteiger partial charge on any atom is -0.489 e. The molecule has 0 spiro atoms. The maximum absolute atomic E-state index is 13.1. The Hall–Kier alpha value is -1.91. The third-order valence-corrected chi connectivity index (χ3v) is 4.16. The smallest absolute Gasteiger partial charge is 0.126 e. The van der Waals surface area contributed by atoms with Crippen LogP contribution in [0.15, 0.2) is 47.8 Å². The van der Waals surface area contributed by atoms with E-state index in [-0.39, 0.29) is 5.82 Å². The lowest BCUT2D eigenvalue weighted by Crippen LogP contribution is -1.97. The van der Waals surface area contributed by atoms with E-state index in [0.29, 0.717) is 18.9 Å². The van der Waals surface area contributed by atoms with Crippen molar-refractivity contribution in [1.29, 1.82) is 0 Å². The lowest BCUT2D eigenvalue weighted by atomic mass is 10.1. The van der Waals surface area contributed by atoms with Crippen molar-refractivity contribution < 1.29 is 9.13 Å². The van der Waals surface area contributed by atoms with Gasteiger partial charge >= 0.3 is 0 Å². The number of nitrogens with two attached hydrogens (primary N) is 1. The molecule has 0 aliphatic carbocycles. The third-order valence-electron chi connectivity index (χ3n) is 3.14. The van der Waals surface area contributed by atoms with Crippen molar-refractivity contribution in [2.45, 2.75) is 13.2 Å². The van der Waals surface area contributed by atoms with E-state index in [1.165, 1.54) is 16.8 Å². The largest absolute Gasteiger partial charge is 0.489 e. The van der Waals surface area contributed by atoms with Gasteiger partial charge in [-0.1, -0.05) is 12.1 Å². The fourth-order valence-electron chi connectivity index (χ4n) is 2.09. The summed E-state index contributed by atoms with van der Waals surface area (Å²) in [6, 6.07) is 12.4. The molecule has 3 rings (SSSR count). The summed E-state index contributed by atoms with van der Waals surface area (Å²) < 4.78 is 19.9. The Morgan fingerprint density at radius 3 is 2.85 bits per heavy atom. The zero-order valence-corrected chi connectivity index (χ0v) is 11.6. The molecule has 1 heterocycles. The molecule has 2 N–H and O–H groups in total. The molecule has 0 fully saturated rings. The van der Waals surface area contributed by atoms with E-state index in [4.69, 9.17) is 10.5 Å². The normalized spacial score (nSPS) is 10.9. The average Bonchev–Trinajstić information content (AvgIpc) is 2.87. The van der Waals surface area contributed by atoms with Gasteiger partial charge in [0.15, 0.2) is 0 Å². The van der Waals surface area contributed by atoms with E-state index in [9.17, 15) is 4.39 Å². The predicted molar refractivity (Wildman–Crippen MR) is 80.4 cm³/mol. The molecule has 0 amide bonds. The van der Waals surface area contributed by atoms with Crippen LogP contribution in [0.25, 0.3) is 10.1 Å². The van der Waals surface area contributed by atoms with Crippen molar-refractivity contribution in [3.8, 4) is 5.75 Å². The van der Waals surface area contributed by atoms with Crippen LogP contribution in [0.1, 0.15) is 11.1 Å². The molecule has 0 radical (unpaired) electrons. The molecule has 2 nitrogen and oxygen atoms in total. The molecule has 0 unspecified atom stereocenters. The molecule has 102 valence electrons. The first kappa shape index (κ1) is 13.1. The van der Waals surface area contributed by atoms with E-state index < -0.39 is 0 Å². The van der Waals surface area contributed by atoms with Gasteiger partial charge in [-0.25, -0.2) is 4.39 Å². The van der Waals surface area contributed by atoms with E-state index in [1.54, 1.807) is 23.5 Å². The van der Waals surface area contributed by atoms with Crippen LogP contribution in [0.3, 0.4) is 0 Å². The van der Waals surface area contributed by atoms with Crippen LogP contribution in [0, 0.1) is 5.82 Å². The second-order valence-electron chi connectivity index (χ2n) is 4.54. The second-order valence-corrected chi connectivity index (χ2v) is 5.45. The van der Waals surface area contributed by atoms with Gasteiger partial charge in [0.2, 0.25) is 0 Å². The number of halogens is 1. The Bertz CT molecular complexity index is 738. The maximum Gasteiger partial charge on any atom is 0.126 e. The molecule has 1 aromatic heterocycles. The van der Waals surface area contributed by atoms with E-state index in [1.807, 2.05) is 6.07 Å².